The minimum Gasteiger partial charge on any atom is -0.314 e. The predicted molar refractivity (Wildman–Crippen MR) is 81.9 cm³/mol. The van der Waals surface area contributed by atoms with Crippen LogP contribution in [0.15, 0.2) is 23.1 Å². The van der Waals surface area contributed by atoms with Crippen LogP contribution in [0.4, 0.5) is 0 Å². The molecule has 0 bridgehead atoms. The van der Waals surface area contributed by atoms with Crippen LogP contribution >= 0.6 is 12.4 Å². The largest absolute Gasteiger partial charge is 0.314 e. The summed E-state index contributed by atoms with van der Waals surface area (Å²) in [5.74, 6) is 0. The summed E-state index contributed by atoms with van der Waals surface area (Å²) >= 11 is 0. The van der Waals surface area contributed by atoms with E-state index in [0.717, 1.165) is 32.4 Å². The van der Waals surface area contributed by atoms with E-state index >= 15 is 0 Å². The molecule has 0 amide bonds. The topological polar surface area (TPSA) is 49.4 Å². The molecule has 6 heteroatoms. The number of benzene rings is 1. The van der Waals surface area contributed by atoms with Crippen molar-refractivity contribution in [1.82, 2.24) is 9.62 Å². The normalized spacial score (nSPS) is 23.1. The number of piperazine rings is 1. The van der Waals surface area contributed by atoms with E-state index in [-0.39, 0.29) is 18.4 Å². The molecule has 1 aliphatic carbocycles. The fourth-order valence-electron chi connectivity index (χ4n) is 3.02. The smallest absolute Gasteiger partial charge is 0.243 e. The first-order chi connectivity index (χ1) is 9.09. The Balaban J connectivity index is 0.00000147. The van der Waals surface area contributed by atoms with Gasteiger partial charge in [0.25, 0.3) is 0 Å². The average Bonchev–Trinajstić information content (AvgIpc) is 2.86. The van der Waals surface area contributed by atoms with E-state index in [1.807, 2.05) is 19.1 Å². The molecular weight excluding hydrogens is 296 g/mol. The van der Waals surface area contributed by atoms with Gasteiger partial charge in [-0.2, -0.15) is 4.31 Å². The van der Waals surface area contributed by atoms with Crippen molar-refractivity contribution in [3.63, 3.8) is 0 Å². The van der Waals surface area contributed by atoms with E-state index < -0.39 is 10.0 Å². The molecule has 0 saturated carbocycles. The number of fused-ring (bicyclic) bond motifs is 1. The Bertz CT molecular complexity index is 589. The van der Waals surface area contributed by atoms with Gasteiger partial charge in [0.1, 0.15) is 0 Å². The molecule has 0 radical (unpaired) electrons. The van der Waals surface area contributed by atoms with Gasteiger partial charge in [0, 0.05) is 25.7 Å². The zero-order chi connectivity index (χ0) is 13.5. The summed E-state index contributed by atoms with van der Waals surface area (Å²) in [6.07, 6.45) is 3.23. The molecule has 2 aliphatic rings. The summed E-state index contributed by atoms with van der Waals surface area (Å²) in [5, 5.41) is 3.22. The van der Waals surface area contributed by atoms with Crippen molar-refractivity contribution in [2.75, 3.05) is 19.6 Å². The lowest BCUT2D eigenvalue weighted by molar-refractivity contribution is 0.284. The van der Waals surface area contributed by atoms with Crippen molar-refractivity contribution in [2.45, 2.75) is 37.1 Å². The first kappa shape index (κ1) is 15.8. The highest BCUT2D eigenvalue weighted by Crippen LogP contribution is 2.27. The van der Waals surface area contributed by atoms with Crippen molar-refractivity contribution < 1.29 is 8.42 Å². The van der Waals surface area contributed by atoms with E-state index in [0.29, 0.717) is 11.4 Å². The van der Waals surface area contributed by atoms with Gasteiger partial charge in [-0.1, -0.05) is 6.07 Å². The summed E-state index contributed by atoms with van der Waals surface area (Å²) in [4.78, 5) is 0.460. The molecule has 1 aromatic carbocycles. The van der Waals surface area contributed by atoms with Crippen LogP contribution in [-0.2, 0) is 22.9 Å². The zero-order valence-corrected chi connectivity index (χ0v) is 13.3. The van der Waals surface area contributed by atoms with Crippen LogP contribution in [0.3, 0.4) is 0 Å². The molecule has 3 rings (SSSR count). The number of hydrogen-bond donors (Lipinski definition) is 1. The zero-order valence-electron chi connectivity index (χ0n) is 11.6. The van der Waals surface area contributed by atoms with Gasteiger partial charge in [-0.05, 0) is 49.4 Å². The Labute approximate surface area is 127 Å². The SMILES string of the molecule is CC1CNCCN1S(=O)(=O)c1ccc2c(c1)CCC2.Cl. The summed E-state index contributed by atoms with van der Waals surface area (Å²) < 4.78 is 27.0. The van der Waals surface area contributed by atoms with Crippen LogP contribution < -0.4 is 5.32 Å². The van der Waals surface area contributed by atoms with E-state index in [2.05, 4.69) is 5.32 Å². The highest BCUT2D eigenvalue weighted by molar-refractivity contribution is 7.89. The Morgan fingerprint density at radius 2 is 2.00 bits per heavy atom. The van der Waals surface area contributed by atoms with Crippen LogP contribution in [0.2, 0.25) is 0 Å². The summed E-state index contributed by atoms with van der Waals surface area (Å²) in [6.45, 7) is 3.97. The summed E-state index contributed by atoms with van der Waals surface area (Å²) in [5.41, 5.74) is 2.52. The quantitative estimate of drug-likeness (QED) is 0.901. The number of rotatable bonds is 2. The Hall–Kier alpha value is -0.620. The second kappa shape index (κ2) is 6.02. The number of nitrogens with zero attached hydrogens (tertiary/aromatic N) is 1. The molecule has 1 fully saturated rings. The minimum absolute atomic E-state index is 0. The second-order valence-corrected chi connectivity index (χ2v) is 7.34. The molecule has 1 saturated heterocycles. The number of halogens is 1. The van der Waals surface area contributed by atoms with Crippen LogP contribution in [0.25, 0.3) is 0 Å². The van der Waals surface area contributed by atoms with E-state index in [1.54, 1.807) is 10.4 Å². The van der Waals surface area contributed by atoms with Crippen molar-refractivity contribution in [2.24, 2.45) is 0 Å². The fraction of sp³-hybridized carbons (Fsp3) is 0.571. The number of sulfonamides is 1. The van der Waals surface area contributed by atoms with Crippen LogP contribution in [0.5, 0.6) is 0 Å². The molecule has 1 heterocycles. The third-order valence-electron chi connectivity index (χ3n) is 4.12. The van der Waals surface area contributed by atoms with Gasteiger partial charge in [-0.3, -0.25) is 0 Å². The number of aryl methyl sites for hydroxylation is 2. The molecule has 20 heavy (non-hydrogen) atoms. The van der Waals surface area contributed by atoms with Crippen molar-refractivity contribution in [1.29, 1.82) is 0 Å². The van der Waals surface area contributed by atoms with Crippen LogP contribution in [0, 0.1) is 0 Å². The number of nitrogens with one attached hydrogen (secondary N) is 1. The Morgan fingerprint density at radius 1 is 1.25 bits per heavy atom. The lowest BCUT2D eigenvalue weighted by Gasteiger charge is -2.32. The minimum atomic E-state index is -3.34. The van der Waals surface area contributed by atoms with Crippen LogP contribution in [0.1, 0.15) is 24.5 Å². The third-order valence-corrected chi connectivity index (χ3v) is 6.13. The summed E-state index contributed by atoms with van der Waals surface area (Å²) in [7, 11) is -3.34. The van der Waals surface area contributed by atoms with E-state index in [4.69, 9.17) is 0 Å². The molecule has 1 aromatic rings. The molecule has 1 atom stereocenters. The molecule has 0 aromatic heterocycles. The molecule has 4 nitrogen and oxygen atoms in total. The van der Waals surface area contributed by atoms with Crippen molar-refractivity contribution in [3.05, 3.63) is 29.3 Å². The lowest BCUT2D eigenvalue weighted by Crippen LogP contribution is -2.52. The molecule has 1 N–H and O–H groups in total. The molecule has 0 spiro atoms. The van der Waals surface area contributed by atoms with Gasteiger partial charge in [-0.25, -0.2) is 8.42 Å². The molecule has 112 valence electrons. The average molecular weight is 317 g/mol. The lowest BCUT2D eigenvalue weighted by atomic mass is 10.1. The third kappa shape index (κ3) is 2.72. The maximum Gasteiger partial charge on any atom is 0.243 e. The molecule has 1 aliphatic heterocycles. The first-order valence-corrected chi connectivity index (χ1v) is 8.37. The molecular formula is C14H21ClN2O2S. The molecule has 1 unspecified atom stereocenters. The summed E-state index contributed by atoms with van der Waals surface area (Å²) in [6, 6.07) is 5.66. The highest BCUT2D eigenvalue weighted by Gasteiger charge is 2.31. The van der Waals surface area contributed by atoms with E-state index in [1.165, 1.54) is 11.1 Å². The highest BCUT2D eigenvalue weighted by atomic mass is 35.5. The maximum atomic E-state index is 12.7. The maximum absolute atomic E-state index is 12.7. The van der Waals surface area contributed by atoms with Gasteiger partial charge < -0.3 is 5.32 Å². The van der Waals surface area contributed by atoms with E-state index in [9.17, 15) is 8.42 Å². The number of hydrogen-bond acceptors (Lipinski definition) is 3. The first-order valence-electron chi connectivity index (χ1n) is 6.93. The van der Waals surface area contributed by atoms with Gasteiger partial charge in [0.15, 0.2) is 0 Å². The monoisotopic (exact) mass is 316 g/mol. The fourth-order valence-corrected chi connectivity index (χ4v) is 4.71. The Morgan fingerprint density at radius 3 is 2.75 bits per heavy atom. The van der Waals surface area contributed by atoms with Gasteiger partial charge in [-0.15, -0.1) is 12.4 Å². The van der Waals surface area contributed by atoms with Crippen LogP contribution in [-0.4, -0.2) is 38.4 Å². The Kier molecular flexibility index (Phi) is 4.74. The van der Waals surface area contributed by atoms with Gasteiger partial charge in [0.05, 0.1) is 4.90 Å². The predicted octanol–water partition coefficient (Wildman–Crippen LogP) is 1.58. The van der Waals surface area contributed by atoms with Gasteiger partial charge >= 0.3 is 0 Å². The van der Waals surface area contributed by atoms with Crippen molar-refractivity contribution >= 4 is 22.4 Å². The second-order valence-electron chi connectivity index (χ2n) is 5.45. The standard InChI is InChI=1S/C14H20N2O2S.ClH/c1-11-10-15-7-8-16(11)19(17,18)14-6-5-12-3-2-4-13(12)9-14;/h5-6,9,11,15H,2-4,7-8,10H2,1H3;1H. The van der Waals surface area contributed by atoms with Gasteiger partial charge in [0.2, 0.25) is 10.0 Å². The van der Waals surface area contributed by atoms with Crippen molar-refractivity contribution in [3.8, 4) is 0 Å².